The van der Waals surface area contributed by atoms with Gasteiger partial charge in [0.15, 0.2) is 0 Å². The minimum atomic E-state index is 0.730. The van der Waals surface area contributed by atoms with Crippen molar-refractivity contribution in [3.8, 4) is 6.07 Å². The summed E-state index contributed by atoms with van der Waals surface area (Å²) < 4.78 is 2.26. The molecule has 0 aliphatic carbocycles. The van der Waals surface area contributed by atoms with Crippen LogP contribution in [0.25, 0.3) is 16.7 Å². The van der Waals surface area contributed by atoms with E-state index in [1.165, 1.54) is 30.6 Å². The average Bonchev–Trinajstić information content (AvgIpc) is 3.02. The minimum absolute atomic E-state index is 0.730. The summed E-state index contributed by atoms with van der Waals surface area (Å²) in [7, 11) is 0. The summed E-state index contributed by atoms with van der Waals surface area (Å²) >= 11 is 0. The van der Waals surface area contributed by atoms with E-state index in [4.69, 9.17) is 0 Å². The standard InChI is InChI=1S/C21H22N4/c1-3-9-16-15(2)17(14-22)20-23-18-10-5-6-11-19(18)25(20)21(16)24-12-7-4-8-13-24/h3,5-6,10-11H,1,4,7-9,12-13H2,2H3/p+1. The Kier molecular flexibility index (Phi) is 3.93. The van der Waals surface area contributed by atoms with Gasteiger partial charge in [-0.3, -0.25) is 9.88 Å². The number of para-hydroxylation sites is 2. The second kappa shape index (κ2) is 6.25. The van der Waals surface area contributed by atoms with Crippen LogP contribution in [0.3, 0.4) is 0 Å². The maximum atomic E-state index is 9.81. The Bertz CT molecular complexity index is 1000. The highest BCUT2D eigenvalue weighted by Gasteiger charge is 2.29. The summed E-state index contributed by atoms with van der Waals surface area (Å²) in [4.78, 5) is 5.96. The molecule has 126 valence electrons. The number of H-pyrrole nitrogens is 1. The quantitative estimate of drug-likeness (QED) is 0.586. The molecular weight excluding hydrogens is 308 g/mol. The number of piperidine rings is 1. The van der Waals surface area contributed by atoms with Crippen molar-refractivity contribution in [2.45, 2.75) is 32.6 Å². The molecule has 0 atom stereocenters. The van der Waals surface area contributed by atoms with E-state index in [9.17, 15) is 5.26 Å². The highest BCUT2D eigenvalue weighted by atomic mass is 15.2. The fraction of sp³-hybridized carbons (Fsp3) is 0.333. The van der Waals surface area contributed by atoms with Crippen LogP contribution in [0.2, 0.25) is 0 Å². The number of nitrogens with zero attached hydrogens (tertiary/aromatic N) is 3. The number of benzene rings is 1. The number of anilines is 1. The van der Waals surface area contributed by atoms with Gasteiger partial charge in [-0.05, 0) is 50.3 Å². The van der Waals surface area contributed by atoms with Crippen LogP contribution in [-0.2, 0) is 6.42 Å². The third-order valence-corrected chi connectivity index (χ3v) is 5.28. The second-order valence-corrected chi connectivity index (χ2v) is 6.78. The lowest BCUT2D eigenvalue weighted by Crippen LogP contribution is -2.40. The Morgan fingerprint density at radius 3 is 2.76 bits per heavy atom. The van der Waals surface area contributed by atoms with Gasteiger partial charge in [-0.25, -0.2) is 0 Å². The molecule has 1 aliphatic heterocycles. The number of aromatic amines is 1. The number of rotatable bonds is 3. The number of nitrogens with one attached hydrogen (secondary N) is 1. The van der Waals surface area contributed by atoms with Gasteiger partial charge >= 0.3 is 0 Å². The number of fused-ring (bicyclic) bond motifs is 3. The van der Waals surface area contributed by atoms with Crippen LogP contribution >= 0.6 is 0 Å². The van der Waals surface area contributed by atoms with Gasteiger partial charge in [-0.15, -0.1) is 6.58 Å². The molecule has 3 aromatic rings. The van der Waals surface area contributed by atoms with Crippen molar-refractivity contribution < 1.29 is 4.40 Å². The van der Waals surface area contributed by atoms with Crippen LogP contribution in [0.4, 0.5) is 5.82 Å². The molecule has 0 unspecified atom stereocenters. The van der Waals surface area contributed by atoms with Gasteiger partial charge in [0.2, 0.25) is 11.5 Å². The van der Waals surface area contributed by atoms with E-state index in [-0.39, 0.29) is 0 Å². The topological polar surface area (TPSA) is 46.9 Å². The first-order chi connectivity index (χ1) is 12.3. The van der Waals surface area contributed by atoms with Gasteiger partial charge < -0.3 is 0 Å². The molecule has 1 saturated heterocycles. The Hall–Kier alpha value is -2.80. The summed E-state index contributed by atoms with van der Waals surface area (Å²) in [5.74, 6) is 1.23. The fourth-order valence-corrected chi connectivity index (χ4v) is 4.07. The highest BCUT2D eigenvalue weighted by molar-refractivity contribution is 5.78. The predicted octanol–water partition coefficient (Wildman–Crippen LogP) is 3.81. The molecule has 1 fully saturated rings. The SMILES string of the molecule is C=CCc1c(C)c(C#N)c2[nH]c3ccccc3[n+]2c1N1CCCCC1. The largest absolute Gasteiger partial charge is 0.292 e. The minimum Gasteiger partial charge on any atom is -0.292 e. The van der Waals surface area contributed by atoms with Crippen molar-refractivity contribution in [2.24, 2.45) is 0 Å². The van der Waals surface area contributed by atoms with E-state index >= 15 is 0 Å². The average molecular weight is 331 g/mol. The lowest BCUT2D eigenvalue weighted by atomic mass is 10.00. The molecule has 0 spiro atoms. The number of allylic oxidation sites excluding steroid dienone is 1. The molecule has 3 heterocycles. The van der Waals surface area contributed by atoms with E-state index in [1.54, 1.807) is 0 Å². The first kappa shape index (κ1) is 15.7. The van der Waals surface area contributed by atoms with Crippen molar-refractivity contribution in [3.05, 3.63) is 53.6 Å². The van der Waals surface area contributed by atoms with Crippen molar-refractivity contribution in [1.29, 1.82) is 5.26 Å². The molecule has 1 aliphatic rings. The van der Waals surface area contributed by atoms with Gasteiger partial charge in [0.25, 0.3) is 0 Å². The molecule has 2 aromatic heterocycles. The van der Waals surface area contributed by atoms with E-state index in [2.05, 4.69) is 52.1 Å². The van der Waals surface area contributed by atoms with Crippen molar-refractivity contribution in [2.75, 3.05) is 18.0 Å². The number of hydrogen-bond acceptors (Lipinski definition) is 2. The van der Waals surface area contributed by atoms with Gasteiger partial charge in [0.05, 0.1) is 13.1 Å². The zero-order chi connectivity index (χ0) is 17.4. The van der Waals surface area contributed by atoms with Crippen LogP contribution in [0, 0.1) is 18.3 Å². The number of imidazole rings is 1. The molecule has 0 bridgehead atoms. The van der Waals surface area contributed by atoms with Gasteiger partial charge in [-0.1, -0.05) is 18.2 Å². The normalized spacial score (nSPS) is 14.8. The summed E-state index contributed by atoms with van der Waals surface area (Å²) in [5, 5.41) is 9.81. The third-order valence-electron chi connectivity index (χ3n) is 5.28. The molecule has 1 aromatic carbocycles. The molecule has 4 heteroatoms. The summed E-state index contributed by atoms with van der Waals surface area (Å²) in [6.07, 6.45) is 6.45. The van der Waals surface area contributed by atoms with Crippen LogP contribution in [-0.4, -0.2) is 18.1 Å². The van der Waals surface area contributed by atoms with Crippen LogP contribution in [0.5, 0.6) is 0 Å². The first-order valence-corrected chi connectivity index (χ1v) is 9.00. The fourth-order valence-electron chi connectivity index (χ4n) is 4.07. The van der Waals surface area contributed by atoms with Crippen molar-refractivity contribution >= 4 is 22.5 Å². The first-order valence-electron chi connectivity index (χ1n) is 9.00. The Morgan fingerprint density at radius 2 is 2.04 bits per heavy atom. The number of pyridine rings is 1. The lowest BCUT2D eigenvalue weighted by molar-refractivity contribution is -0.468. The molecule has 0 amide bonds. The van der Waals surface area contributed by atoms with E-state index in [1.807, 2.05) is 12.1 Å². The summed E-state index contributed by atoms with van der Waals surface area (Å²) in [5.41, 5.74) is 6.10. The number of hydrogen-bond donors (Lipinski definition) is 1. The smallest absolute Gasteiger partial charge is 0.250 e. The molecule has 4 rings (SSSR count). The van der Waals surface area contributed by atoms with Crippen molar-refractivity contribution in [1.82, 2.24) is 4.98 Å². The molecule has 0 radical (unpaired) electrons. The third kappa shape index (κ3) is 2.39. The Morgan fingerprint density at radius 1 is 1.28 bits per heavy atom. The second-order valence-electron chi connectivity index (χ2n) is 6.78. The molecule has 25 heavy (non-hydrogen) atoms. The maximum Gasteiger partial charge on any atom is 0.250 e. The molecule has 1 N–H and O–H groups in total. The maximum absolute atomic E-state index is 9.81. The van der Waals surface area contributed by atoms with Crippen LogP contribution in [0.15, 0.2) is 36.9 Å². The predicted molar refractivity (Wildman–Crippen MR) is 101 cm³/mol. The lowest BCUT2D eigenvalue weighted by Gasteiger charge is -2.27. The number of nitriles is 1. The van der Waals surface area contributed by atoms with Gasteiger partial charge in [0, 0.05) is 5.56 Å². The van der Waals surface area contributed by atoms with Crippen molar-refractivity contribution in [3.63, 3.8) is 0 Å². The van der Waals surface area contributed by atoms with Crippen LogP contribution < -0.4 is 9.30 Å². The number of aromatic nitrogens is 2. The van der Waals surface area contributed by atoms with E-state index in [0.717, 1.165) is 47.3 Å². The zero-order valence-corrected chi connectivity index (χ0v) is 14.7. The summed E-state index contributed by atoms with van der Waals surface area (Å²) in [6, 6.07) is 10.7. The van der Waals surface area contributed by atoms with Gasteiger partial charge in [-0.2, -0.15) is 9.66 Å². The zero-order valence-electron chi connectivity index (χ0n) is 14.7. The molecule has 4 nitrogen and oxygen atoms in total. The molecular formula is C21H23N4+. The molecule has 0 saturated carbocycles. The summed E-state index contributed by atoms with van der Waals surface area (Å²) in [6.45, 7) is 8.15. The Balaban J connectivity index is 2.16. The highest BCUT2D eigenvalue weighted by Crippen LogP contribution is 2.29. The van der Waals surface area contributed by atoms with Gasteiger partial charge in [0.1, 0.15) is 22.7 Å². The Labute approximate surface area is 148 Å². The van der Waals surface area contributed by atoms with E-state index < -0.39 is 0 Å². The van der Waals surface area contributed by atoms with E-state index in [0.29, 0.717) is 0 Å². The monoisotopic (exact) mass is 331 g/mol. The van der Waals surface area contributed by atoms with Crippen LogP contribution in [0.1, 0.15) is 36.0 Å².